The molecule has 0 aliphatic carbocycles. The molecule has 0 aliphatic heterocycles. The van der Waals surface area contributed by atoms with Gasteiger partial charge in [-0.15, -0.1) is 0 Å². The fourth-order valence-electron chi connectivity index (χ4n) is 1.05. The van der Waals surface area contributed by atoms with E-state index < -0.39 is 30.8 Å². The Bertz CT molecular complexity index is 134. The highest BCUT2D eigenvalue weighted by Crippen LogP contribution is 2.22. The van der Waals surface area contributed by atoms with Crippen molar-refractivity contribution in [3.8, 4) is 0 Å². The maximum atomic E-state index is 11.9. The first-order valence-electron chi connectivity index (χ1n) is 4.09. The fraction of sp³-hybridized carbons (Fsp3) is 1.00. The van der Waals surface area contributed by atoms with Crippen LogP contribution in [0.15, 0.2) is 0 Å². The van der Waals surface area contributed by atoms with Crippen LogP contribution in [0.25, 0.3) is 0 Å². The molecule has 0 unspecified atom stereocenters. The Kier molecular flexibility index (Phi) is 4.19. The lowest BCUT2D eigenvalue weighted by atomic mass is 10.1. The highest BCUT2D eigenvalue weighted by atomic mass is 19.4. The highest BCUT2D eigenvalue weighted by molar-refractivity contribution is 4.79. The van der Waals surface area contributed by atoms with Crippen LogP contribution >= 0.6 is 0 Å². The summed E-state index contributed by atoms with van der Waals surface area (Å²) < 4.78 is 35.8. The Hall–Kier alpha value is -0.290. The molecule has 0 rings (SSSR count). The van der Waals surface area contributed by atoms with E-state index in [0.29, 0.717) is 0 Å². The summed E-state index contributed by atoms with van der Waals surface area (Å²) in [5, 5.41) is 11.4. The predicted molar refractivity (Wildman–Crippen MR) is 44.4 cm³/mol. The van der Waals surface area contributed by atoms with Gasteiger partial charge in [-0.05, 0) is 20.8 Å². The van der Waals surface area contributed by atoms with Gasteiger partial charge < -0.3 is 10.4 Å². The molecule has 1 atom stereocenters. The zero-order valence-electron chi connectivity index (χ0n) is 8.07. The fourth-order valence-corrected chi connectivity index (χ4v) is 1.05. The van der Waals surface area contributed by atoms with E-state index in [1.54, 1.807) is 20.8 Å². The van der Waals surface area contributed by atoms with E-state index in [1.165, 1.54) is 0 Å². The van der Waals surface area contributed by atoms with Gasteiger partial charge in [0.1, 0.15) is 0 Å². The van der Waals surface area contributed by atoms with Crippen molar-refractivity contribution < 1.29 is 18.3 Å². The van der Waals surface area contributed by atoms with E-state index in [9.17, 15) is 13.2 Å². The number of rotatable bonds is 3. The number of hydrogen-bond acceptors (Lipinski definition) is 2. The lowest BCUT2D eigenvalue weighted by molar-refractivity contribution is -0.143. The minimum atomic E-state index is -4.23. The van der Waals surface area contributed by atoms with E-state index in [4.69, 9.17) is 5.11 Å². The first kappa shape index (κ1) is 12.7. The molecule has 0 aliphatic rings. The lowest BCUT2D eigenvalue weighted by Crippen LogP contribution is -2.47. The van der Waals surface area contributed by atoms with Gasteiger partial charge >= 0.3 is 6.18 Å². The Morgan fingerprint density at radius 3 is 1.92 bits per heavy atom. The molecule has 0 aromatic heterocycles. The summed E-state index contributed by atoms with van der Waals surface area (Å²) in [7, 11) is 0. The molecular formula is C8H16F3NO. The van der Waals surface area contributed by atoms with Crippen molar-refractivity contribution in [2.75, 3.05) is 6.61 Å². The molecule has 0 spiro atoms. The van der Waals surface area contributed by atoms with Crippen molar-refractivity contribution in [1.29, 1.82) is 0 Å². The van der Waals surface area contributed by atoms with Gasteiger partial charge in [0, 0.05) is 11.6 Å². The van der Waals surface area contributed by atoms with Crippen LogP contribution in [0.1, 0.15) is 27.2 Å². The van der Waals surface area contributed by atoms with Crippen molar-refractivity contribution in [3.05, 3.63) is 0 Å². The van der Waals surface area contributed by atoms with Gasteiger partial charge in [0.15, 0.2) is 0 Å². The zero-order valence-corrected chi connectivity index (χ0v) is 8.07. The molecule has 80 valence electrons. The maximum absolute atomic E-state index is 11.9. The summed E-state index contributed by atoms with van der Waals surface area (Å²) in [5.41, 5.74) is -0.418. The van der Waals surface area contributed by atoms with E-state index in [-0.39, 0.29) is 0 Å². The van der Waals surface area contributed by atoms with Gasteiger partial charge in [-0.3, -0.25) is 0 Å². The van der Waals surface area contributed by atoms with Crippen LogP contribution in [-0.2, 0) is 0 Å². The van der Waals surface area contributed by atoms with Crippen molar-refractivity contribution in [2.45, 2.75) is 44.9 Å². The molecule has 0 aromatic rings. The Balaban J connectivity index is 4.05. The monoisotopic (exact) mass is 199 g/mol. The zero-order chi connectivity index (χ0) is 10.7. The van der Waals surface area contributed by atoms with Crippen molar-refractivity contribution in [1.82, 2.24) is 5.32 Å². The Morgan fingerprint density at radius 1 is 1.23 bits per heavy atom. The second-order valence-electron chi connectivity index (χ2n) is 4.09. The largest absolute Gasteiger partial charge is 0.395 e. The average molecular weight is 199 g/mol. The quantitative estimate of drug-likeness (QED) is 0.725. The van der Waals surface area contributed by atoms with Crippen LogP contribution in [0.3, 0.4) is 0 Å². The topological polar surface area (TPSA) is 32.3 Å². The van der Waals surface area contributed by atoms with Gasteiger partial charge in [-0.25, -0.2) is 0 Å². The molecule has 0 fully saturated rings. The normalized spacial score (nSPS) is 15.9. The third-order valence-corrected chi connectivity index (χ3v) is 1.34. The summed E-state index contributed by atoms with van der Waals surface area (Å²) in [4.78, 5) is 0. The predicted octanol–water partition coefficient (Wildman–Crippen LogP) is 1.69. The minimum Gasteiger partial charge on any atom is -0.395 e. The van der Waals surface area contributed by atoms with E-state index >= 15 is 0 Å². The van der Waals surface area contributed by atoms with Crippen LogP contribution in [-0.4, -0.2) is 29.5 Å². The molecule has 2 nitrogen and oxygen atoms in total. The molecule has 2 N–H and O–H groups in total. The molecule has 0 saturated carbocycles. The van der Waals surface area contributed by atoms with Crippen molar-refractivity contribution >= 4 is 0 Å². The molecule has 0 bridgehead atoms. The number of hydrogen-bond donors (Lipinski definition) is 2. The SMILES string of the molecule is CC(C)(C)N[C@H](CO)CC(F)(F)F. The smallest absolute Gasteiger partial charge is 0.390 e. The lowest BCUT2D eigenvalue weighted by Gasteiger charge is -2.27. The third-order valence-electron chi connectivity index (χ3n) is 1.34. The van der Waals surface area contributed by atoms with Crippen LogP contribution in [0.2, 0.25) is 0 Å². The molecule has 13 heavy (non-hydrogen) atoms. The third kappa shape index (κ3) is 8.05. The molecular weight excluding hydrogens is 183 g/mol. The molecule has 0 amide bonds. The van der Waals surface area contributed by atoms with Gasteiger partial charge in [0.25, 0.3) is 0 Å². The van der Waals surface area contributed by atoms with Crippen LogP contribution in [0, 0.1) is 0 Å². The number of nitrogens with one attached hydrogen (secondary N) is 1. The number of aliphatic hydroxyl groups excluding tert-OH is 1. The van der Waals surface area contributed by atoms with Gasteiger partial charge in [-0.2, -0.15) is 13.2 Å². The summed E-state index contributed by atoms with van der Waals surface area (Å²) in [6, 6.07) is -0.917. The summed E-state index contributed by atoms with van der Waals surface area (Å²) in [6.07, 6.45) is -5.23. The number of alkyl halides is 3. The van der Waals surface area contributed by atoms with Crippen LogP contribution < -0.4 is 5.32 Å². The van der Waals surface area contributed by atoms with E-state index in [0.717, 1.165) is 0 Å². The molecule has 0 saturated heterocycles. The first-order chi connectivity index (χ1) is 5.64. The highest BCUT2D eigenvalue weighted by Gasteiger charge is 2.32. The molecule has 0 heterocycles. The molecule has 0 radical (unpaired) electrons. The maximum Gasteiger partial charge on any atom is 0.390 e. The van der Waals surface area contributed by atoms with Crippen molar-refractivity contribution in [3.63, 3.8) is 0 Å². The summed E-state index contributed by atoms with van der Waals surface area (Å²) in [5.74, 6) is 0. The van der Waals surface area contributed by atoms with Gasteiger partial charge in [-0.1, -0.05) is 0 Å². The molecule has 5 heteroatoms. The average Bonchev–Trinajstić information content (AvgIpc) is 1.79. The van der Waals surface area contributed by atoms with Crippen molar-refractivity contribution in [2.24, 2.45) is 0 Å². The van der Waals surface area contributed by atoms with Crippen LogP contribution in [0.5, 0.6) is 0 Å². The number of aliphatic hydroxyl groups is 1. The van der Waals surface area contributed by atoms with E-state index in [1.807, 2.05) is 0 Å². The minimum absolute atomic E-state index is 0.418. The standard InChI is InChI=1S/C8H16F3NO/c1-7(2,3)12-6(5-13)4-8(9,10)11/h6,12-13H,4-5H2,1-3H3/t6-/m0/s1. The van der Waals surface area contributed by atoms with E-state index in [2.05, 4.69) is 5.32 Å². The summed E-state index contributed by atoms with van der Waals surface area (Å²) in [6.45, 7) is 4.76. The molecule has 0 aromatic carbocycles. The Morgan fingerprint density at radius 2 is 1.69 bits per heavy atom. The second kappa shape index (κ2) is 4.28. The van der Waals surface area contributed by atoms with Gasteiger partial charge in [0.2, 0.25) is 0 Å². The van der Waals surface area contributed by atoms with Gasteiger partial charge in [0.05, 0.1) is 13.0 Å². The second-order valence-corrected chi connectivity index (χ2v) is 4.09. The Labute approximate surface area is 76.1 Å². The number of halogens is 3. The summed E-state index contributed by atoms with van der Waals surface area (Å²) >= 11 is 0. The van der Waals surface area contributed by atoms with Crippen LogP contribution in [0.4, 0.5) is 13.2 Å². The first-order valence-corrected chi connectivity index (χ1v) is 4.09.